The second-order valence-electron chi connectivity index (χ2n) is 1.98. The van der Waals surface area contributed by atoms with Crippen LogP contribution in [0.25, 0.3) is 0 Å². The van der Waals surface area contributed by atoms with E-state index in [1.807, 2.05) is 27.7 Å². The van der Waals surface area contributed by atoms with E-state index in [1.54, 1.807) is 20.0 Å². The standard InChI is InChI=1S/C6H8N2O.2C2H6.H2/c1-4-3-7-5(2)8-6(4)9;2*1-2;/h3H,1-2H3,(H,7,8,9);2*1-2H3;1H. The molecular weight excluding hydrogens is 164 g/mol. The van der Waals surface area contributed by atoms with Crippen LogP contribution in [-0.4, -0.2) is 9.97 Å². The van der Waals surface area contributed by atoms with E-state index in [0.29, 0.717) is 11.4 Å². The van der Waals surface area contributed by atoms with Gasteiger partial charge in [-0.25, -0.2) is 4.98 Å². The minimum Gasteiger partial charge on any atom is -0.311 e. The van der Waals surface area contributed by atoms with E-state index in [2.05, 4.69) is 9.97 Å². The van der Waals surface area contributed by atoms with Gasteiger partial charge in [-0.3, -0.25) is 4.79 Å². The van der Waals surface area contributed by atoms with Crippen LogP contribution in [0.4, 0.5) is 0 Å². The Morgan fingerprint density at radius 2 is 1.69 bits per heavy atom. The average Bonchev–Trinajstić information content (AvgIpc) is 2.18. The molecule has 78 valence electrons. The molecule has 0 amide bonds. The predicted molar refractivity (Wildman–Crippen MR) is 59.1 cm³/mol. The molecule has 0 aliphatic rings. The third kappa shape index (κ3) is 6.08. The van der Waals surface area contributed by atoms with Crippen LogP contribution in [0.15, 0.2) is 11.0 Å². The number of aromatic amines is 1. The molecule has 3 nitrogen and oxygen atoms in total. The number of aromatic nitrogens is 2. The molecule has 13 heavy (non-hydrogen) atoms. The highest BCUT2D eigenvalue weighted by Gasteiger charge is 1.90. The largest absolute Gasteiger partial charge is 0.311 e. The van der Waals surface area contributed by atoms with Crippen LogP contribution in [0.3, 0.4) is 0 Å². The molecule has 0 fully saturated rings. The molecule has 1 heterocycles. The Bertz CT molecular complexity index is 271. The zero-order chi connectivity index (χ0) is 10.9. The molecule has 0 spiro atoms. The van der Waals surface area contributed by atoms with Gasteiger partial charge in [-0.15, -0.1) is 0 Å². The zero-order valence-corrected chi connectivity index (χ0v) is 9.43. The highest BCUT2D eigenvalue weighted by molar-refractivity contribution is 5.01. The van der Waals surface area contributed by atoms with Crippen molar-refractivity contribution in [2.24, 2.45) is 0 Å². The van der Waals surface area contributed by atoms with Crippen molar-refractivity contribution in [2.45, 2.75) is 41.5 Å². The van der Waals surface area contributed by atoms with E-state index < -0.39 is 0 Å². The van der Waals surface area contributed by atoms with Gasteiger partial charge in [-0.2, -0.15) is 0 Å². The first-order valence-electron chi connectivity index (χ1n) is 4.72. The van der Waals surface area contributed by atoms with E-state index in [1.165, 1.54) is 0 Å². The summed E-state index contributed by atoms with van der Waals surface area (Å²) < 4.78 is 0. The molecule has 1 N–H and O–H groups in total. The molecule has 3 heteroatoms. The molecule has 0 aromatic carbocycles. The van der Waals surface area contributed by atoms with Crippen LogP contribution in [0, 0.1) is 13.8 Å². The van der Waals surface area contributed by atoms with Gasteiger partial charge in [0.15, 0.2) is 0 Å². The number of aryl methyl sites for hydroxylation is 2. The Morgan fingerprint density at radius 1 is 1.23 bits per heavy atom. The minimum atomic E-state index is -0.0532. The van der Waals surface area contributed by atoms with Gasteiger partial charge in [0.25, 0.3) is 5.56 Å². The van der Waals surface area contributed by atoms with E-state index >= 15 is 0 Å². The van der Waals surface area contributed by atoms with Crippen molar-refractivity contribution in [3.63, 3.8) is 0 Å². The normalized spacial score (nSPS) is 7.54. The molecule has 0 aliphatic heterocycles. The van der Waals surface area contributed by atoms with E-state index in [9.17, 15) is 4.79 Å². The topological polar surface area (TPSA) is 45.8 Å². The number of nitrogens with zero attached hydrogens (tertiary/aromatic N) is 1. The van der Waals surface area contributed by atoms with Gasteiger partial charge in [-0.1, -0.05) is 27.7 Å². The minimum absolute atomic E-state index is 0. The highest BCUT2D eigenvalue weighted by atomic mass is 16.1. The monoisotopic (exact) mass is 186 g/mol. The van der Waals surface area contributed by atoms with Crippen LogP contribution in [0.1, 0.15) is 40.5 Å². The second kappa shape index (κ2) is 8.97. The maximum absolute atomic E-state index is 10.7. The second-order valence-corrected chi connectivity index (χ2v) is 1.98. The fraction of sp³-hybridized carbons (Fsp3) is 0.600. The Labute approximate surface area is 81.7 Å². The summed E-state index contributed by atoms with van der Waals surface area (Å²) in [7, 11) is 0. The van der Waals surface area contributed by atoms with Crippen molar-refractivity contribution < 1.29 is 1.43 Å². The Balaban J connectivity index is -0.000000216. The van der Waals surface area contributed by atoms with Gasteiger partial charge in [0.1, 0.15) is 5.82 Å². The fourth-order valence-electron chi connectivity index (χ4n) is 0.547. The van der Waals surface area contributed by atoms with Crippen molar-refractivity contribution >= 4 is 0 Å². The summed E-state index contributed by atoms with van der Waals surface area (Å²) in [5.41, 5.74) is 0.600. The molecule has 0 atom stereocenters. The third-order valence-corrected chi connectivity index (χ3v) is 1.10. The summed E-state index contributed by atoms with van der Waals surface area (Å²) in [4.78, 5) is 17.2. The van der Waals surface area contributed by atoms with Gasteiger partial charge in [0.2, 0.25) is 0 Å². The molecule has 0 unspecified atom stereocenters. The lowest BCUT2D eigenvalue weighted by Crippen LogP contribution is -2.11. The van der Waals surface area contributed by atoms with Crippen molar-refractivity contribution in [2.75, 3.05) is 0 Å². The van der Waals surface area contributed by atoms with E-state index in [4.69, 9.17) is 0 Å². The van der Waals surface area contributed by atoms with Crippen LogP contribution in [0.2, 0.25) is 0 Å². The molecule has 1 rings (SSSR count). The van der Waals surface area contributed by atoms with Gasteiger partial charge >= 0.3 is 0 Å². The predicted octanol–water partition coefficient (Wildman–Crippen LogP) is 2.69. The lowest BCUT2D eigenvalue weighted by Gasteiger charge is -1.90. The number of H-pyrrole nitrogens is 1. The molecule has 0 saturated heterocycles. The Morgan fingerprint density at radius 3 is 2.00 bits per heavy atom. The third-order valence-electron chi connectivity index (χ3n) is 1.10. The zero-order valence-electron chi connectivity index (χ0n) is 9.43. The molecule has 0 aliphatic carbocycles. The molecule has 0 radical (unpaired) electrons. The number of hydrogen-bond acceptors (Lipinski definition) is 2. The average molecular weight is 186 g/mol. The van der Waals surface area contributed by atoms with Crippen LogP contribution >= 0.6 is 0 Å². The van der Waals surface area contributed by atoms with Crippen LogP contribution in [0.5, 0.6) is 0 Å². The lowest BCUT2D eigenvalue weighted by molar-refractivity contribution is 0.993. The summed E-state index contributed by atoms with van der Waals surface area (Å²) in [6.07, 6.45) is 1.56. The van der Waals surface area contributed by atoms with Gasteiger partial charge < -0.3 is 4.98 Å². The molecule has 1 aromatic rings. The van der Waals surface area contributed by atoms with Crippen LogP contribution in [-0.2, 0) is 0 Å². The quantitative estimate of drug-likeness (QED) is 0.677. The maximum atomic E-state index is 10.7. The Kier molecular flexibility index (Phi) is 9.94. The van der Waals surface area contributed by atoms with Crippen molar-refractivity contribution in [3.8, 4) is 0 Å². The highest BCUT2D eigenvalue weighted by Crippen LogP contribution is 1.82. The van der Waals surface area contributed by atoms with Gasteiger partial charge in [0, 0.05) is 13.2 Å². The molecule has 0 saturated carbocycles. The SMILES string of the molecule is CC.CC.Cc1ncc(C)c(=O)[nH]1.[HH]. The first-order chi connectivity index (χ1) is 6.20. The maximum Gasteiger partial charge on any atom is 0.253 e. The van der Waals surface area contributed by atoms with E-state index in [-0.39, 0.29) is 6.99 Å². The summed E-state index contributed by atoms with van der Waals surface area (Å²) in [5.74, 6) is 0.658. The first kappa shape index (κ1) is 14.4. The number of nitrogens with one attached hydrogen (secondary N) is 1. The molecule has 0 bridgehead atoms. The van der Waals surface area contributed by atoms with Crippen LogP contribution < -0.4 is 5.56 Å². The summed E-state index contributed by atoms with van der Waals surface area (Å²) in [5, 5.41) is 0. The Hall–Kier alpha value is -1.12. The van der Waals surface area contributed by atoms with Crippen molar-refractivity contribution in [3.05, 3.63) is 27.9 Å². The smallest absolute Gasteiger partial charge is 0.253 e. The van der Waals surface area contributed by atoms with E-state index in [0.717, 1.165) is 0 Å². The summed E-state index contributed by atoms with van der Waals surface area (Å²) in [6.45, 7) is 11.5. The molecule has 1 aromatic heterocycles. The van der Waals surface area contributed by atoms with Crippen molar-refractivity contribution in [1.82, 2.24) is 9.97 Å². The summed E-state index contributed by atoms with van der Waals surface area (Å²) >= 11 is 0. The molecular formula is C10H22N2O. The number of hydrogen-bond donors (Lipinski definition) is 1. The fourth-order valence-corrected chi connectivity index (χ4v) is 0.547. The van der Waals surface area contributed by atoms with Gasteiger partial charge in [-0.05, 0) is 13.8 Å². The lowest BCUT2D eigenvalue weighted by atomic mass is 10.4. The van der Waals surface area contributed by atoms with Crippen molar-refractivity contribution in [1.29, 1.82) is 0 Å². The first-order valence-corrected chi connectivity index (χ1v) is 4.72. The van der Waals surface area contributed by atoms with Gasteiger partial charge in [0.05, 0.1) is 0 Å². The number of rotatable bonds is 0. The summed E-state index contributed by atoms with van der Waals surface area (Å²) in [6, 6.07) is 0.